The lowest BCUT2D eigenvalue weighted by molar-refractivity contribution is -0.140. The maximum absolute atomic E-state index is 11.5. The monoisotopic (exact) mass is 279 g/mol. The predicted molar refractivity (Wildman–Crippen MR) is 73.6 cm³/mol. The SMILES string of the molecule is COC(=O)CNC(=O)/C=C/c1cc(OC)ccc1OC. The van der Waals surface area contributed by atoms with Crippen molar-refractivity contribution in [1.29, 1.82) is 0 Å². The van der Waals surface area contributed by atoms with E-state index < -0.39 is 11.9 Å². The fourth-order valence-corrected chi connectivity index (χ4v) is 1.43. The van der Waals surface area contributed by atoms with Gasteiger partial charge in [-0.2, -0.15) is 0 Å². The quantitative estimate of drug-likeness (QED) is 0.621. The number of amides is 1. The largest absolute Gasteiger partial charge is 0.497 e. The van der Waals surface area contributed by atoms with Gasteiger partial charge in [-0.05, 0) is 24.3 Å². The molecular formula is C14H17NO5. The molecule has 0 saturated heterocycles. The molecule has 1 amide bonds. The van der Waals surface area contributed by atoms with Crippen LogP contribution in [0.3, 0.4) is 0 Å². The summed E-state index contributed by atoms with van der Waals surface area (Å²) in [6.07, 6.45) is 2.88. The first-order valence-electron chi connectivity index (χ1n) is 5.85. The number of esters is 1. The summed E-state index contributed by atoms with van der Waals surface area (Å²) in [5, 5.41) is 2.40. The van der Waals surface area contributed by atoms with Crippen molar-refractivity contribution < 1.29 is 23.8 Å². The van der Waals surface area contributed by atoms with Crippen molar-refractivity contribution in [3.8, 4) is 11.5 Å². The van der Waals surface area contributed by atoms with E-state index in [0.717, 1.165) is 0 Å². The van der Waals surface area contributed by atoms with E-state index in [2.05, 4.69) is 10.1 Å². The van der Waals surface area contributed by atoms with Crippen LogP contribution in [-0.2, 0) is 14.3 Å². The van der Waals surface area contributed by atoms with Gasteiger partial charge in [0.1, 0.15) is 18.0 Å². The first-order chi connectivity index (χ1) is 9.60. The molecule has 0 unspecified atom stereocenters. The molecule has 1 N–H and O–H groups in total. The number of nitrogens with one attached hydrogen (secondary N) is 1. The van der Waals surface area contributed by atoms with Crippen LogP contribution in [0.1, 0.15) is 5.56 Å². The van der Waals surface area contributed by atoms with Crippen molar-refractivity contribution in [2.24, 2.45) is 0 Å². The van der Waals surface area contributed by atoms with Crippen LogP contribution >= 0.6 is 0 Å². The van der Waals surface area contributed by atoms with Gasteiger partial charge in [-0.25, -0.2) is 0 Å². The first kappa shape index (κ1) is 15.6. The molecular weight excluding hydrogens is 262 g/mol. The molecule has 0 heterocycles. The van der Waals surface area contributed by atoms with Crippen LogP contribution in [0.25, 0.3) is 6.08 Å². The van der Waals surface area contributed by atoms with E-state index in [-0.39, 0.29) is 6.54 Å². The summed E-state index contributed by atoms with van der Waals surface area (Å²) < 4.78 is 14.7. The molecule has 108 valence electrons. The maximum Gasteiger partial charge on any atom is 0.325 e. The van der Waals surface area contributed by atoms with Gasteiger partial charge in [-0.15, -0.1) is 0 Å². The molecule has 1 aromatic rings. The van der Waals surface area contributed by atoms with E-state index in [4.69, 9.17) is 9.47 Å². The number of ether oxygens (including phenoxy) is 3. The fourth-order valence-electron chi connectivity index (χ4n) is 1.43. The summed E-state index contributed by atoms with van der Waals surface area (Å²) in [5.74, 6) is 0.356. The highest BCUT2D eigenvalue weighted by molar-refractivity contribution is 5.94. The average Bonchev–Trinajstić information content (AvgIpc) is 2.49. The average molecular weight is 279 g/mol. The molecule has 0 spiro atoms. The highest BCUT2D eigenvalue weighted by atomic mass is 16.5. The van der Waals surface area contributed by atoms with E-state index >= 15 is 0 Å². The van der Waals surface area contributed by atoms with Gasteiger partial charge in [-0.1, -0.05) is 0 Å². The summed E-state index contributed by atoms with van der Waals surface area (Å²) in [7, 11) is 4.35. The van der Waals surface area contributed by atoms with E-state index in [9.17, 15) is 9.59 Å². The van der Waals surface area contributed by atoms with Crippen LogP contribution in [0, 0.1) is 0 Å². The second-order valence-corrected chi connectivity index (χ2v) is 3.74. The van der Waals surface area contributed by atoms with Crippen molar-refractivity contribution in [2.45, 2.75) is 0 Å². The molecule has 0 atom stereocenters. The number of methoxy groups -OCH3 is 3. The zero-order valence-corrected chi connectivity index (χ0v) is 11.6. The molecule has 0 aromatic heterocycles. The molecule has 6 nitrogen and oxygen atoms in total. The van der Waals surface area contributed by atoms with Gasteiger partial charge in [0.25, 0.3) is 0 Å². The Bertz CT molecular complexity index is 510. The lowest BCUT2D eigenvalue weighted by Crippen LogP contribution is -2.28. The second kappa shape index (κ2) is 7.83. The van der Waals surface area contributed by atoms with Crippen molar-refractivity contribution >= 4 is 18.0 Å². The third-order valence-corrected chi connectivity index (χ3v) is 2.49. The normalized spacial score (nSPS) is 10.2. The van der Waals surface area contributed by atoms with E-state index in [1.807, 2.05) is 0 Å². The molecule has 0 saturated carbocycles. The molecule has 20 heavy (non-hydrogen) atoms. The maximum atomic E-state index is 11.5. The van der Waals surface area contributed by atoms with Crippen molar-refractivity contribution in [1.82, 2.24) is 5.32 Å². The Morgan fingerprint density at radius 3 is 2.55 bits per heavy atom. The fraction of sp³-hybridized carbons (Fsp3) is 0.286. The Hall–Kier alpha value is -2.50. The van der Waals surface area contributed by atoms with Crippen LogP contribution in [0.15, 0.2) is 24.3 Å². The van der Waals surface area contributed by atoms with Crippen LogP contribution in [0.2, 0.25) is 0 Å². The molecule has 0 aliphatic heterocycles. The minimum atomic E-state index is -0.509. The number of carbonyl (C=O) groups is 2. The Balaban J connectivity index is 2.73. The molecule has 1 aromatic carbocycles. The summed E-state index contributed by atoms with van der Waals surface area (Å²) in [6.45, 7) is -0.172. The van der Waals surface area contributed by atoms with Gasteiger partial charge in [0.05, 0.1) is 21.3 Å². The topological polar surface area (TPSA) is 73.9 Å². The Kier molecular flexibility index (Phi) is 6.09. The summed E-state index contributed by atoms with van der Waals surface area (Å²) in [6, 6.07) is 5.24. The summed E-state index contributed by atoms with van der Waals surface area (Å²) >= 11 is 0. The molecule has 0 aliphatic rings. The number of carbonyl (C=O) groups excluding carboxylic acids is 2. The number of benzene rings is 1. The Morgan fingerprint density at radius 2 is 1.95 bits per heavy atom. The third kappa shape index (κ3) is 4.64. The number of hydrogen-bond donors (Lipinski definition) is 1. The molecule has 0 fully saturated rings. The molecule has 1 rings (SSSR count). The van der Waals surface area contributed by atoms with Crippen LogP contribution in [0.5, 0.6) is 11.5 Å². The standard InChI is InChI=1S/C14H17NO5/c1-18-11-5-6-12(19-2)10(8-11)4-7-13(16)15-9-14(17)20-3/h4-8H,9H2,1-3H3,(H,15,16)/b7-4+. The molecule has 0 radical (unpaired) electrons. The van der Waals surface area contributed by atoms with E-state index in [0.29, 0.717) is 17.1 Å². The first-order valence-corrected chi connectivity index (χ1v) is 5.85. The Morgan fingerprint density at radius 1 is 1.20 bits per heavy atom. The minimum absolute atomic E-state index is 0.172. The second-order valence-electron chi connectivity index (χ2n) is 3.74. The highest BCUT2D eigenvalue weighted by Gasteiger charge is 2.04. The summed E-state index contributed by atoms with van der Waals surface area (Å²) in [4.78, 5) is 22.4. The van der Waals surface area contributed by atoms with Crippen LogP contribution in [-0.4, -0.2) is 39.8 Å². The van der Waals surface area contributed by atoms with Crippen molar-refractivity contribution in [3.63, 3.8) is 0 Å². The molecule has 6 heteroatoms. The molecule has 0 aliphatic carbocycles. The van der Waals surface area contributed by atoms with Gasteiger partial charge >= 0.3 is 5.97 Å². The highest BCUT2D eigenvalue weighted by Crippen LogP contribution is 2.24. The van der Waals surface area contributed by atoms with Gasteiger partial charge in [-0.3, -0.25) is 9.59 Å². The van der Waals surface area contributed by atoms with Crippen LogP contribution in [0.4, 0.5) is 0 Å². The van der Waals surface area contributed by atoms with Crippen molar-refractivity contribution in [3.05, 3.63) is 29.8 Å². The van der Waals surface area contributed by atoms with Crippen LogP contribution < -0.4 is 14.8 Å². The third-order valence-electron chi connectivity index (χ3n) is 2.49. The van der Waals surface area contributed by atoms with Gasteiger partial charge < -0.3 is 19.5 Å². The predicted octanol–water partition coefficient (Wildman–Crippen LogP) is 1.01. The number of hydrogen-bond acceptors (Lipinski definition) is 5. The summed E-state index contributed by atoms with van der Waals surface area (Å²) in [5.41, 5.74) is 0.695. The minimum Gasteiger partial charge on any atom is -0.497 e. The van der Waals surface area contributed by atoms with E-state index in [1.165, 1.54) is 20.3 Å². The zero-order valence-electron chi connectivity index (χ0n) is 11.6. The lowest BCUT2D eigenvalue weighted by Gasteiger charge is -2.07. The van der Waals surface area contributed by atoms with Gasteiger partial charge in [0.2, 0.25) is 5.91 Å². The zero-order chi connectivity index (χ0) is 15.0. The van der Waals surface area contributed by atoms with E-state index in [1.54, 1.807) is 31.4 Å². The van der Waals surface area contributed by atoms with Gasteiger partial charge in [0.15, 0.2) is 0 Å². The lowest BCUT2D eigenvalue weighted by atomic mass is 10.1. The number of rotatable bonds is 6. The Labute approximate surface area is 117 Å². The van der Waals surface area contributed by atoms with Gasteiger partial charge in [0, 0.05) is 11.6 Å². The smallest absolute Gasteiger partial charge is 0.325 e. The van der Waals surface area contributed by atoms with Crippen molar-refractivity contribution in [2.75, 3.05) is 27.9 Å². The molecule has 0 bridgehead atoms.